The Kier molecular flexibility index (Phi) is 2.87. The number of pyridine rings is 1. The van der Waals surface area contributed by atoms with Crippen molar-refractivity contribution in [1.82, 2.24) is 14.8 Å². The predicted octanol–water partition coefficient (Wildman–Crippen LogP) is 3.33. The molecular weight excluding hydrogens is 260 g/mol. The number of hydrogen-bond donors (Lipinski definition) is 1. The van der Waals surface area contributed by atoms with Crippen LogP contribution in [0.4, 0.5) is 5.69 Å². The summed E-state index contributed by atoms with van der Waals surface area (Å²) in [4.78, 5) is 4.59. The Hall–Kier alpha value is -2.07. The SMILES string of the molecule is CNc1cc(-c2ccc(Cl)cc2)nc2nn(C)cc12. The fourth-order valence-corrected chi connectivity index (χ4v) is 2.21. The first-order valence-corrected chi connectivity index (χ1v) is 6.33. The Morgan fingerprint density at radius 2 is 1.95 bits per heavy atom. The van der Waals surface area contributed by atoms with Gasteiger partial charge >= 0.3 is 0 Å². The smallest absolute Gasteiger partial charge is 0.183 e. The molecule has 1 aromatic carbocycles. The first-order valence-electron chi connectivity index (χ1n) is 5.95. The Labute approximate surface area is 116 Å². The maximum Gasteiger partial charge on any atom is 0.183 e. The Balaban J connectivity index is 2.21. The van der Waals surface area contributed by atoms with Crippen LogP contribution >= 0.6 is 11.6 Å². The molecule has 0 bridgehead atoms. The highest BCUT2D eigenvalue weighted by Gasteiger charge is 2.09. The van der Waals surface area contributed by atoms with Crippen molar-refractivity contribution in [2.45, 2.75) is 0 Å². The number of nitrogens with zero attached hydrogens (tertiary/aromatic N) is 3. The summed E-state index contributed by atoms with van der Waals surface area (Å²) in [5.74, 6) is 0. The average Bonchev–Trinajstić information content (AvgIpc) is 2.78. The normalized spacial score (nSPS) is 10.9. The third-order valence-corrected chi connectivity index (χ3v) is 3.27. The highest BCUT2D eigenvalue weighted by atomic mass is 35.5. The first-order chi connectivity index (χ1) is 9.17. The molecule has 2 heterocycles. The van der Waals surface area contributed by atoms with Gasteiger partial charge in [0, 0.05) is 36.6 Å². The van der Waals surface area contributed by atoms with Crippen molar-refractivity contribution in [3.05, 3.63) is 41.6 Å². The number of halogens is 1. The third kappa shape index (κ3) is 2.15. The number of hydrogen-bond acceptors (Lipinski definition) is 3. The van der Waals surface area contributed by atoms with Crippen molar-refractivity contribution in [1.29, 1.82) is 0 Å². The van der Waals surface area contributed by atoms with Gasteiger partial charge in [0.05, 0.1) is 11.1 Å². The largest absolute Gasteiger partial charge is 0.387 e. The second-order valence-corrected chi connectivity index (χ2v) is 4.79. The zero-order valence-electron chi connectivity index (χ0n) is 10.7. The van der Waals surface area contributed by atoms with Gasteiger partial charge in [0.15, 0.2) is 5.65 Å². The lowest BCUT2D eigenvalue weighted by molar-refractivity contribution is 0.776. The fraction of sp³-hybridized carbons (Fsp3) is 0.143. The number of fused-ring (bicyclic) bond motifs is 1. The standard InChI is InChI=1S/C14H13ClN4/c1-16-13-7-12(9-3-5-10(15)6-4-9)17-14-11(13)8-19(2)18-14/h3-8,16H,1-2H3. The molecule has 0 aliphatic rings. The van der Waals surface area contributed by atoms with E-state index >= 15 is 0 Å². The molecule has 19 heavy (non-hydrogen) atoms. The highest BCUT2D eigenvalue weighted by Crippen LogP contribution is 2.27. The number of aromatic nitrogens is 3. The predicted molar refractivity (Wildman–Crippen MR) is 78.5 cm³/mol. The lowest BCUT2D eigenvalue weighted by Crippen LogP contribution is -1.93. The van der Waals surface area contributed by atoms with Crippen LogP contribution in [-0.4, -0.2) is 21.8 Å². The molecule has 4 nitrogen and oxygen atoms in total. The van der Waals surface area contributed by atoms with Crippen LogP contribution in [0.3, 0.4) is 0 Å². The Bertz CT molecular complexity index is 731. The van der Waals surface area contributed by atoms with Crippen molar-refractivity contribution in [2.24, 2.45) is 7.05 Å². The Morgan fingerprint density at radius 3 is 2.63 bits per heavy atom. The van der Waals surface area contributed by atoms with Gasteiger partial charge in [-0.15, -0.1) is 0 Å². The van der Waals surface area contributed by atoms with Crippen LogP contribution in [0, 0.1) is 0 Å². The van der Waals surface area contributed by atoms with Gasteiger partial charge in [-0.2, -0.15) is 5.10 Å². The van der Waals surface area contributed by atoms with E-state index in [1.165, 1.54) is 0 Å². The van der Waals surface area contributed by atoms with E-state index in [0.717, 1.165) is 33.0 Å². The molecule has 0 fully saturated rings. The van der Waals surface area contributed by atoms with Crippen LogP contribution in [0.5, 0.6) is 0 Å². The average molecular weight is 273 g/mol. The van der Waals surface area contributed by atoms with Gasteiger partial charge in [-0.25, -0.2) is 4.98 Å². The second kappa shape index (κ2) is 4.55. The number of benzene rings is 1. The Morgan fingerprint density at radius 1 is 1.21 bits per heavy atom. The fourth-order valence-electron chi connectivity index (χ4n) is 2.09. The monoisotopic (exact) mass is 272 g/mol. The number of nitrogens with one attached hydrogen (secondary N) is 1. The van der Waals surface area contributed by atoms with E-state index in [4.69, 9.17) is 11.6 Å². The summed E-state index contributed by atoms with van der Waals surface area (Å²) in [6, 6.07) is 9.66. The first kappa shape index (κ1) is 12.0. The van der Waals surface area contributed by atoms with E-state index in [-0.39, 0.29) is 0 Å². The summed E-state index contributed by atoms with van der Waals surface area (Å²) in [5.41, 5.74) is 3.66. The molecule has 5 heteroatoms. The van der Waals surface area contributed by atoms with Gasteiger partial charge in [0.2, 0.25) is 0 Å². The van der Waals surface area contributed by atoms with E-state index in [0.29, 0.717) is 0 Å². The van der Waals surface area contributed by atoms with Gasteiger partial charge < -0.3 is 5.32 Å². The minimum atomic E-state index is 0.719. The summed E-state index contributed by atoms with van der Waals surface area (Å²) < 4.78 is 1.77. The number of rotatable bonds is 2. The topological polar surface area (TPSA) is 42.7 Å². The molecule has 0 atom stereocenters. The summed E-state index contributed by atoms with van der Waals surface area (Å²) in [7, 11) is 3.79. The summed E-state index contributed by atoms with van der Waals surface area (Å²) in [5, 5.41) is 9.29. The molecule has 0 aliphatic heterocycles. The third-order valence-electron chi connectivity index (χ3n) is 3.02. The van der Waals surface area contributed by atoms with Crippen LogP contribution < -0.4 is 5.32 Å². The zero-order chi connectivity index (χ0) is 13.4. The number of aryl methyl sites for hydroxylation is 1. The number of anilines is 1. The molecule has 0 spiro atoms. The highest BCUT2D eigenvalue weighted by molar-refractivity contribution is 6.30. The summed E-state index contributed by atoms with van der Waals surface area (Å²) in [6.45, 7) is 0. The summed E-state index contributed by atoms with van der Waals surface area (Å²) in [6.07, 6.45) is 1.96. The van der Waals surface area contributed by atoms with E-state index in [2.05, 4.69) is 15.4 Å². The van der Waals surface area contributed by atoms with Gasteiger partial charge in [-0.1, -0.05) is 23.7 Å². The van der Waals surface area contributed by atoms with E-state index in [1.54, 1.807) is 4.68 Å². The molecule has 3 rings (SSSR count). The van der Waals surface area contributed by atoms with Crippen molar-refractivity contribution >= 4 is 28.3 Å². The maximum absolute atomic E-state index is 5.91. The minimum absolute atomic E-state index is 0.719. The lowest BCUT2D eigenvalue weighted by Gasteiger charge is -2.06. The van der Waals surface area contributed by atoms with Gasteiger partial charge in [-0.3, -0.25) is 4.68 Å². The molecule has 0 amide bonds. The molecule has 0 saturated heterocycles. The molecule has 0 unspecified atom stereocenters. The van der Waals surface area contributed by atoms with Crippen molar-refractivity contribution in [2.75, 3.05) is 12.4 Å². The van der Waals surface area contributed by atoms with Crippen molar-refractivity contribution in [3.8, 4) is 11.3 Å². The molecule has 0 aliphatic carbocycles. The minimum Gasteiger partial charge on any atom is -0.387 e. The van der Waals surface area contributed by atoms with Gasteiger partial charge in [0.25, 0.3) is 0 Å². The van der Waals surface area contributed by atoms with E-state index < -0.39 is 0 Å². The second-order valence-electron chi connectivity index (χ2n) is 4.35. The molecule has 1 N–H and O–H groups in total. The van der Waals surface area contributed by atoms with E-state index in [1.807, 2.05) is 50.6 Å². The molecule has 0 saturated carbocycles. The quantitative estimate of drug-likeness (QED) is 0.778. The van der Waals surface area contributed by atoms with Crippen LogP contribution in [0.15, 0.2) is 36.5 Å². The summed E-state index contributed by atoms with van der Waals surface area (Å²) >= 11 is 5.91. The molecular formula is C14H13ClN4. The van der Waals surface area contributed by atoms with Crippen LogP contribution in [0.25, 0.3) is 22.3 Å². The molecule has 0 radical (unpaired) electrons. The van der Waals surface area contributed by atoms with Crippen molar-refractivity contribution in [3.63, 3.8) is 0 Å². The van der Waals surface area contributed by atoms with Crippen LogP contribution in [-0.2, 0) is 7.05 Å². The van der Waals surface area contributed by atoms with Gasteiger partial charge in [0.1, 0.15) is 0 Å². The van der Waals surface area contributed by atoms with E-state index in [9.17, 15) is 0 Å². The van der Waals surface area contributed by atoms with Crippen molar-refractivity contribution < 1.29 is 0 Å². The van der Waals surface area contributed by atoms with Crippen LogP contribution in [0.2, 0.25) is 5.02 Å². The van der Waals surface area contributed by atoms with Crippen LogP contribution in [0.1, 0.15) is 0 Å². The maximum atomic E-state index is 5.91. The molecule has 3 aromatic rings. The molecule has 96 valence electrons. The van der Waals surface area contributed by atoms with Gasteiger partial charge in [-0.05, 0) is 18.2 Å². The lowest BCUT2D eigenvalue weighted by atomic mass is 10.1. The zero-order valence-corrected chi connectivity index (χ0v) is 11.4. The molecule has 2 aromatic heterocycles.